The number of ether oxygens (including phenoxy) is 1. The first-order valence-corrected chi connectivity index (χ1v) is 16.1. The molecule has 0 bridgehead atoms. The molecule has 2 saturated heterocycles. The van der Waals surface area contributed by atoms with Crippen LogP contribution in [-0.4, -0.2) is 65.7 Å². The molecule has 1 saturated carbocycles. The predicted octanol–water partition coefficient (Wildman–Crippen LogP) is 9.29. The van der Waals surface area contributed by atoms with E-state index in [9.17, 15) is 9.18 Å². The number of benzene rings is 2. The number of hydrogen-bond acceptors (Lipinski definition) is 5. The molecule has 2 N–H and O–H groups in total. The standard InChI is InChI=1S/C15H18FNO2.C13H17Cl2N.C3H8.C2H4O.CH2O2/c1-19-14-9-13(16)12(8-11(14)10-4-5-10)15(18)17-6-2-3-7-17;1-10(16-5-3-2-4-6-16)11-7-12(14)9-13(15)8-11;1-3-2;1-2-3;2-1-3/h8-10H,2-7H2,1H3;7-10H,2-6H2,1H3;3H2,1-2H3;2-3H,1H2;1H,(H,2,3). The summed E-state index contributed by atoms with van der Waals surface area (Å²) in [6.45, 7) is 13.0. The molecule has 246 valence electrons. The van der Waals surface area contributed by atoms with E-state index in [4.69, 9.17) is 42.9 Å². The predicted molar refractivity (Wildman–Crippen MR) is 178 cm³/mol. The van der Waals surface area contributed by atoms with Crippen LogP contribution >= 0.6 is 23.2 Å². The number of nitrogens with zero attached hydrogens (tertiary/aromatic N) is 2. The van der Waals surface area contributed by atoms with E-state index in [0.717, 1.165) is 60.6 Å². The van der Waals surface area contributed by atoms with E-state index in [1.807, 2.05) is 12.1 Å². The van der Waals surface area contributed by atoms with Gasteiger partial charge in [-0.2, -0.15) is 0 Å². The number of likely N-dealkylation sites (tertiary alicyclic amines) is 2. The number of carbonyl (C=O) groups is 2. The molecule has 0 radical (unpaired) electrons. The van der Waals surface area contributed by atoms with Gasteiger partial charge < -0.3 is 19.8 Å². The van der Waals surface area contributed by atoms with Crippen molar-refractivity contribution in [3.63, 3.8) is 0 Å². The monoisotopic (exact) mass is 654 g/mol. The van der Waals surface area contributed by atoms with Crippen LogP contribution in [0.2, 0.25) is 10.0 Å². The number of methoxy groups -OCH3 is 1. The zero-order valence-electron chi connectivity index (χ0n) is 26.5. The van der Waals surface area contributed by atoms with E-state index < -0.39 is 5.82 Å². The fourth-order valence-corrected chi connectivity index (χ4v) is 5.59. The Balaban J connectivity index is 0.000000351. The maximum Gasteiger partial charge on any atom is 0.290 e. The van der Waals surface area contributed by atoms with Gasteiger partial charge in [-0.3, -0.25) is 14.5 Å². The molecule has 10 heteroatoms. The molecule has 0 spiro atoms. The summed E-state index contributed by atoms with van der Waals surface area (Å²) < 4.78 is 19.3. The van der Waals surface area contributed by atoms with Crippen LogP contribution in [0.4, 0.5) is 4.39 Å². The molecule has 2 aromatic carbocycles. The topological polar surface area (TPSA) is 90.3 Å². The Morgan fingerprint density at radius 2 is 1.48 bits per heavy atom. The smallest absolute Gasteiger partial charge is 0.290 e. The fourth-order valence-electron chi connectivity index (χ4n) is 5.05. The molecular weight excluding hydrogens is 606 g/mol. The van der Waals surface area contributed by atoms with Crippen LogP contribution < -0.4 is 4.74 Å². The highest BCUT2D eigenvalue weighted by molar-refractivity contribution is 6.34. The zero-order chi connectivity index (χ0) is 33.1. The van der Waals surface area contributed by atoms with Gasteiger partial charge in [0, 0.05) is 35.2 Å². The van der Waals surface area contributed by atoms with Crippen LogP contribution in [0.3, 0.4) is 0 Å². The summed E-state index contributed by atoms with van der Waals surface area (Å²) in [6.07, 6.45) is 10.2. The summed E-state index contributed by atoms with van der Waals surface area (Å²) in [5, 5.41) is 15.7. The average Bonchev–Trinajstić information content (AvgIpc) is 3.70. The molecule has 3 aliphatic rings. The largest absolute Gasteiger partial charge is 0.516 e. The number of rotatable bonds is 5. The van der Waals surface area contributed by atoms with Gasteiger partial charge in [0.2, 0.25) is 0 Å². The molecule has 1 atom stereocenters. The second kappa shape index (κ2) is 21.8. The van der Waals surface area contributed by atoms with Crippen molar-refractivity contribution in [1.82, 2.24) is 9.80 Å². The fraction of sp³-hybridized carbons (Fsp3) is 0.529. The number of hydrogen-bond donors (Lipinski definition) is 2. The van der Waals surface area contributed by atoms with Crippen LogP contribution in [-0.2, 0) is 4.79 Å². The number of aliphatic hydroxyl groups is 1. The van der Waals surface area contributed by atoms with Gasteiger partial charge in [0.1, 0.15) is 11.6 Å². The second-order valence-electron chi connectivity index (χ2n) is 10.8. The highest BCUT2D eigenvalue weighted by Crippen LogP contribution is 2.45. The molecule has 0 aromatic heterocycles. The molecular formula is C34H49Cl2FN2O5. The minimum absolute atomic E-state index is 0.181. The van der Waals surface area contributed by atoms with Crippen molar-refractivity contribution in [1.29, 1.82) is 0 Å². The quantitative estimate of drug-likeness (QED) is 0.247. The van der Waals surface area contributed by atoms with Crippen molar-refractivity contribution in [2.24, 2.45) is 0 Å². The third kappa shape index (κ3) is 13.4. The maximum absolute atomic E-state index is 14.1. The molecule has 1 amide bonds. The number of piperidine rings is 1. The molecule has 2 aliphatic heterocycles. The Bertz CT molecular complexity index is 1120. The first-order valence-electron chi connectivity index (χ1n) is 15.3. The highest BCUT2D eigenvalue weighted by atomic mass is 35.5. The SMILES string of the molecule is C=CO.CC(c1cc(Cl)cc(Cl)c1)N1CCCCC1.CCC.COc1cc(F)c(C(=O)N2CCCC2)cc1C1CC1.O=CO. The number of amides is 1. The molecule has 1 aliphatic carbocycles. The lowest BCUT2D eigenvalue weighted by molar-refractivity contribution is -0.122. The van der Waals surface area contributed by atoms with E-state index in [0.29, 0.717) is 17.7 Å². The second-order valence-corrected chi connectivity index (χ2v) is 11.7. The van der Waals surface area contributed by atoms with Crippen LogP contribution in [0.25, 0.3) is 0 Å². The molecule has 2 heterocycles. The minimum Gasteiger partial charge on any atom is -0.516 e. The van der Waals surface area contributed by atoms with Crippen molar-refractivity contribution in [3.8, 4) is 5.75 Å². The maximum atomic E-state index is 14.1. The molecule has 5 rings (SSSR count). The van der Waals surface area contributed by atoms with Crippen LogP contribution in [0.15, 0.2) is 43.2 Å². The van der Waals surface area contributed by atoms with Crippen LogP contribution in [0.1, 0.15) is 106 Å². The summed E-state index contributed by atoms with van der Waals surface area (Å²) in [6, 6.07) is 9.30. The van der Waals surface area contributed by atoms with Crippen LogP contribution in [0.5, 0.6) is 5.75 Å². The third-order valence-corrected chi connectivity index (χ3v) is 7.70. The summed E-state index contributed by atoms with van der Waals surface area (Å²) in [7, 11) is 1.54. The molecule has 2 aromatic rings. The summed E-state index contributed by atoms with van der Waals surface area (Å²) in [5.41, 5.74) is 2.40. The first-order chi connectivity index (χ1) is 21.1. The Labute approximate surface area is 272 Å². The van der Waals surface area contributed by atoms with Gasteiger partial charge in [-0.05, 0) is 99.8 Å². The lowest BCUT2D eigenvalue weighted by Crippen LogP contribution is -2.32. The molecule has 44 heavy (non-hydrogen) atoms. The Morgan fingerprint density at radius 3 is 1.93 bits per heavy atom. The number of carboxylic acid groups (broad SMARTS) is 1. The normalized spacial score (nSPS) is 16.2. The minimum atomic E-state index is -0.474. The van der Waals surface area contributed by atoms with Crippen molar-refractivity contribution in [2.45, 2.75) is 84.1 Å². The van der Waals surface area contributed by atoms with Crippen molar-refractivity contribution in [2.75, 3.05) is 33.3 Å². The summed E-state index contributed by atoms with van der Waals surface area (Å²) >= 11 is 12.1. The van der Waals surface area contributed by atoms with Gasteiger partial charge in [0.25, 0.3) is 12.4 Å². The first kappa shape index (κ1) is 39.2. The van der Waals surface area contributed by atoms with E-state index in [1.165, 1.54) is 50.4 Å². The van der Waals surface area contributed by atoms with Crippen molar-refractivity contribution >= 4 is 35.6 Å². The van der Waals surface area contributed by atoms with Gasteiger partial charge in [-0.25, -0.2) is 4.39 Å². The summed E-state index contributed by atoms with van der Waals surface area (Å²) in [4.78, 5) is 24.9. The zero-order valence-corrected chi connectivity index (χ0v) is 28.0. The molecule has 7 nitrogen and oxygen atoms in total. The van der Waals surface area contributed by atoms with Crippen LogP contribution in [0, 0.1) is 5.82 Å². The molecule has 1 unspecified atom stereocenters. The summed E-state index contributed by atoms with van der Waals surface area (Å²) in [5.74, 6) is 0.344. The molecule has 3 fully saturated rings. The van der Waals surface area contributed by atoms with Crippen molar-refractivity contribution in [3.05, 3.63) is 75.7 Å². The van der Waals surface area contributed by atoms with E-state index >= 15 is 0 Å². The lowest BCUT2D eigenvalue weighted by Gasteiger charge is -2.32. The van der Waals surface area contributed by atoms with Crippen molar-refractivity contribution < 1.29 is 28.9 Å². The van der Waals surface area contributed by atoms with E-state index in [-0.39, 0.29) is 17.9 Å². The Kier molecular flexibility index (Phi) is 19.4. The van der Waals surface area contributed by atoms with Gasteiger partial charge in [0.05, 0.1) is 18.9 Å². The van der Waals surface area contributed by atoms with Gasteiger partial charge in [0.15, 0.2) is 0 Å². The van der Waals surface area contributed by atoms with Gasteiger partial charge >= 0.3 is 0 Å². The Hall–Kier alpha value is -2.81. The third-order valence-electron chi connectivity index (χ3n) is 7.27. The van der Waals surface area contributed by atoms with Gasteiger partial charge in [-0.15, -0.1) is 0 Å². The lowest BCUT2D eigenvalue weighted by atomic mass is 10.0. The van der Waals surface area contributed by atoms with Gasteiger partial charge in [-0.1, -0.05) is 56.5 Å². The number of halogens is 3. The number of carbonyl (C=O) groups excluding carboxylic acids is 1. The highest BCUT2D eigenvalue weighted by Gasteiger charge is 2.30. The number of aliphatic hydroxyl groups excluding tert-OH is 1. The average molecular weight is 656 g/mol. The van der Waals surface area contributed by atoms with E-state index in [1.54, 1.807) is 24.1 Å². The van der Waals surface area contributed by atoms with E-state index in [2.05, 4.69) is 32.3 Å². The Morgan fingerprint density at radius 1 is 1.00 bits per heavy atom.